The number of nitrogens with two attached hydrogens (primary N) is 1. The molecule has 8 heteroatoms. The monoisotopic (exact) mass is 385 g/mol. The standard InChI is InChI=1S/C21H19N7O/c1-14-8-10-27-12-16(7-9-24-20-17(11-22)19(23)25-13-26-20)28(21(29)18(14)27)15-5-3-2-4-6-15/h2-6,8,10,12-13H,7,9H2,1H3,(H3,23,24,25,26). The average molecular weight is 385 g/mol. The molecule has 0 atom stereocenters. The molecule has 0 saturated heterocycles. The van der Waals surface area contributed by atoms with Crippen LogP contribution in [0.3, 0.4) is 0 Å². The van der Waals surface area contributed by atoms with Crippen LogP contribution in [0.5, 0.6) is 0 Å². The summed E-state index contributed by atoms with van der Waals surface area (Å²) in [5, 5.41) is 12.4. The molecule has 0 saturated carbocycles. The summed E-state index contributed by atoms with van der Waals surface area (Å²) in [6.07, 6.45) is 5.69. The van der Waals surface area contributed by atoms with Crippen LogP contribution in [0.2, 0.25) is 0 Å². The molecule has 0 aliphatic rings. The van der Waals surface area contributed by atoms with Gasteiger partial charge in [-0.25, -0.2) is 9.97 Å². The zero-order chi connectivity index (χ0) is 20.4. The second kappa shape index (κ2) is 7.48. The molecule has 1 aromatic carbocycles. The van der Waals surface area contributed by atoms with E-state index in [-0.39, 0.29) is 16.9 Å². The van der Waals surface area contributed by atoms with Crippen molar-refractivity contribution in [2.75, 3.05) is 17.6 Å². The molecule has 0 radical (unpaired) electrons. The maximum absolute atomic E-state index is 13.3. The Bertz CT molecular complexity index is 1280. The predicted octanol–water partition coefficient (Wildman–Crippen LogP) is 2.30. The fraction of sp³-hybridized carbons (Fsp3) is 0.143. The topological polar surface area (TPSA) is 114 Å². The zero-order valence-corrected chi connectivity index (χ0v) is 15.8. The van der Waals surface area contributed by atoms with Gasteiger partial charge in [-0.15, -0.1) is 0 Å². The minimum Gasteiger partial charge on any atom is -0.382 e. The van der Waals surface area contributed by atoms with Gasteiger partial charge in [0.15, 0.2) is 0 Å². The number of nitrogen functional groups attached to an aromatic ring is 1. The largest absolute Gasteiger partial charge is 0.382 e. The molecule has 0 bridgehead atoms. The van der Waals surface area contributed by atoms with Crippen LogP contribution in [0.25, 0.3) is 11.2 Å². The molecule has 0 amide bonds. The van der Waals surface area contributed by atoms with Crippen molar-refractivity contribution in [1.82, 2.24) is 18.9 Å². The third-order valence-corrected chi connectivity index (χ3v) is 4.77. The lowest BCUT2D eigenvalue weighted by Gasteiger charge is -2.15. The number of aromatic nitrogens is 4. The van der Waals surface area contributed by atoms with Crippen LogP contribution in [-0.2, 0) is 6.42 Å². The molecular weight excluding hydrogens is 366 g/mol. The summed E-state index contributed by atoms with van der Waals surface area (Å²) >= 11 is 0. The van der Waals surface area contributed by atoms with Crippen molar-refractivity contribution in [2.45, 2.75) is 13.3 Å². The Hall–Kier alpha value is -4.12. The summed E-state index contributed by atoms with van der Waals surface area (Å²) in [6, 6.07) is 13.5. The Morgan fingerprint density at radius 2 is 2.00 bits per heavy atom. The van der Waals surface area contributed by atoms with E-state index in [0.717, 1.165) is 16.9 Å². The third kappa shape index (κ3) is 3.30. The Balaban J connectivity index is 1.72. The molecule has 3 N–H and O–H groups in total. The molecule has 4 aromatic rings. The lowest BCUT2D eigenvalue weighted by atomic mass is 10.2. The number of fused-ring (bicyclic) bond motifs is 1. The van der Waals surface area contributed by atoms with Crippen molar-refractivity contribution in [3.05, 3.63) is 82.3 Å². The van der Waals surface area contributed by atoms with Gasteiger partial charge in [0, 0.05) is 36.7 Å². The molecule has 3 aromatic heterocycles. The highest BCUT2D eigenvalue weighted by Crippen LogP contribution is 2.17. The van der Waals surface area contributed by atoms with E-state index in [1.165, 1.54) is 6.33 Å². The predicted molar refractivity (Wildman–Crippen MR) is 111 cm³/mol. The van der Waals surface area contributed by atoms with Gasteiger partial charge in [-0.1, -0.05) is 18.2 Å². The number of benzene rings is 1. The van der Waals surface area contributed by atoms with Gasteiger partial charge in [-0.05, 0) is 30.7 Å². The van der Waals surface area contributed by atoms with E-state index in [1.807, 2.05) is 66.2 Å². The summed E-state index contributed by atoms with van der Waals surface area (Å²) in [4.78, 5) is 21.2. The van der Waals surface area contributed by atoms with Gasteiger partial charge in [-0.3, -0.25) is 9.36 Å². The van der Waals surface area contributed by atoms with Crippen LogP contribution in [0.1, 0.15) is 16.8 Å². The molecule has 29 heavy (non-hydrogen) atoms. The number of para-hydroxylation sites is 1. The summed E-state index contributed by atoms with van der Waals surface area (Å²) in [5.41, 5.74) is 9.10. The first-order chi connectivity index (χ1) is 14.1. The number of nitriles is 1. The Morgan fingerprint density at radius 1 is 1.21 bits per heavy atom. The van der Waals surface area contributed by atoms with E-state index in [4.69, 9.17) is 5.73 Å². The fourth-order valence-corrected chi connectivity index (χ4v) is 3.38. The molecule has 0 aliphatic carbocycles. The van der Waals surface area contributed by atoms with Crippen LogP contribution in [-0.4, -0.2) is 25.5 Å². The Kier molecular flexibility index (Phi) is 4.71. The van der Waals surface area contributed by atoms with Crippen LogP contribution < -0.4 is 16.6 Å². The summed E-state index contributed by atoms with van der Waals surface area (Å²) in [5.74, 6) is 0.516. The quantitative estimate of drug-likeness (QED) is 0.545. The van der Waals surface area contributed by atoms with Crippen LogP contribution in [0.4, 0.5) is 11.6 Å². The van der Waals surface area contributed by atoms with Gasteiger partial charge in [0.05, 0.1) is 0 Å². The Labute approximate surface area is 166 Å². The van der Waals surface area contributed by atoms with Crippen LogP contribution >= 0.6 is 0 Å². The minimum absolute atomic E-state index is 0.0693. The zero-order valence-electron chi connectivity index (χ0n) is 15.8. The van der Waals surface area contributed by atoms with E-state index < -0.39 is 0 Å². The normalized spacial score (nSPS) is 10.8. The lowest BCUT2D eigenvalue weighted by molar-refractivity contribution is 0.828. The molecule has 8 nitrogen and oxygen atoms in total. The molecule has 3 heterocycles. The first kappa shape index (κ1) is 18.3. The SMILES string of the molecule is Cc1ccn2cc(CCNc3ncnc(N)c3C#N)n(-c3ccccc3)c(=O)c12. The first-order valence-electron chi connectivity index (χ1n) is 9.12. The second-order valence-electron chi connectivity index (χ2n) is 6.62. The van der Waals surface area contributed by atoms with E-state index in [0.29, 0.717) is 24.3 Å². The number of hydrogen-bond donors (Lipinski definition) is 2. The maximum Gasteiger partial charge on any atom is 0.279 e. The number of hydrogen-bond acceptors (Lipinski definition) is 6. The molecule has 0 spiro atoms. The van der Waals surface area contributed by atoms with E-state index >= 15 is 0 Å². The van der Waals surface area contributed by atoms with Gasteiger partial charge in [-0.2, -0.15) is 5.26 Å². The van der Waals surface area contributed by atoms with Crippen LogP contribution in [0, 0.1) is 18.3 Å². The first-order valence-corrected chi connectivity index (χ1v) is 9.12. The highest BCUT2D eigenvalue weighted by molar-refractivity contribution is 5.62. The van der Waals surface area contributed by atoms with Crippen LogP contribution in [0.15, 0.2) is 59.9 Å². The van der Waals surface area contributed by atoms with Crippen molar-refractivity contribution in [3.8, 4) is 11.8 Å². The van der Waals surface area contributed by atoms with Crippen molar-refractivity contribution in [1.29, 1.82) is 5.26 Å². The number of aryl methyl sites for hydroxylation is 1. The molecule has 144 valence electrons. The molecule has 4 rings (SSSR count). The molecule has 0 unspecified atom stereocenters. The fourth-order valence-electron chi connectivity index (χ4n) is 3.38. The van der Waals surface area contributed by atoms with Gasteiger partial charge in [0.2, 0.25) is 0 Å². The van der Waals surface area contributed by atoms with Crippen molar-refractivity contribution in [3.63, 3.8) is 0 Å². The van der Waals surface area contributed by atoms with Gasteiger partial charge >= 0.3 is 0 Å². The smallest absolute Gasteiger partial charge is 0.279 e. The highest BCUT2D eigenvalue weighted by Gasteiger charge is 2.14. The number of nitrogens with zero attached hydrogens (tertiary/aromatic N) is 5. The van der Waals surface area contributed by atoms with E-state index in [9.17, 15) is 10.1 Å². The van der Waals surface area contributed by atoms with Crippen molar-refractivity contribution < 1.29 is 0 Å². The molecular formula is C21H19N7O. The minimum atomic E-state index is -0.0693. The van der Waals surface area contributed by atoms with Crippen molar-refractivity contribution >= 4 is 17.2 Å². The lowest BCUT2D eigenvalue weighted by Crippen LogP contribution is -2.25. The molecule has 0 fully saturated rings. The number of nitrogens with one attached hydrogen (secondary N) is 1. The summed E-state index contributed by atoms with van der Waals surface area (Å²) in [7, 11) is 0. The third-order valence-electron chi connectivity index (χ3n) is 4.77. The van der Waals surface area contributed by atoms with Gasteiger partial charge in [0.25, 0.3) is 5.56 Å². The summed E-state index contributed by atoms with van der Waals surface area (Å²) in [6.45, 7) is 2.39. The Morgan fingerprint density at radius 3 is 2.76 bits per heavy atom. The number of anilines is 2. The van der Waals surface area contributed by atoms with E-state index in [1.54, 1.807) is 4.57 Å². The average Bonchev–Trinajstić information content (AvgIpc) is 3.10. The second-order valence-corrected chi connectivity index (χ2v) is 6.62. The van der Waals surface area contributed by atoms with Gasteiger partial charge in [0.1, 0.15) is 35.1 Å². The summed E-state index contributed by atoms with van der Waals surface area (Å²) < 4.78 is 3.58. The van der Waals surface area contributed by atoms with Gasteiger partial charge < -0.3 is 15.5 Å². The van der Waals surface area contributed by atoms with Crippen molar-refractivity contribution in [2.24, 2.45) is 0 Å². The molecule has 0 aliphatic heterocycles. The van der Waals surface area contributed by atoms with E-state index in [2.05, 4.69) is 15.3 Å². The number of rotatable bonds is 5. The highest BCUT2D eigenvalue weighted by atomic mass is 16.1. The maximum atomic E-state index is 13.3.